The minimum Gasteiger partial charge on any atom is -0.356 e. The van der Waals surface area contributed by atoms with Crippen LogP contribution >= 0.6 is 23.2 Å². The van der Waals surface area contributed by atoms with Gasteiger partial charge >= 0.3 is 0 Å². The topological polar surface area (TPSA) is 108 Å². The number of rotatable bonds is 3. The third kappa shape index (κ3) is 4.96. The summed E-state index contributed by atoms with van der Waals surface area (Å²) in [4.78, 5) is 35.3. The Balaban J connectivity index is 1.37. The van der Waals surface area contributed by atoms with Crippen LogP contribution in [0.4, 0.5) is 0 Å². The maximum atomic E-state index is 13.5. The van der Waals surface area contributed by atoms with Crippen LogP contribution in [0.15, 0.2) is 59.9 Å². The highest BCUT2D eigenvalue weighted by atomic mass is 35.5. The second-order valence-electron chi connectivity index (χ2n) is 9.79. The van der Waals surface area contributed by atoms with Gasteiger partial charge in [-0.15, -0.1) is 5.10 Å². The molecule has 1 aliphatic heterocycles. The van der Waals surface area contributed by atoms with Crippen molar-refractivity contribution in [3.8, 4) is 16.9 Å². The van der Waals surface area contributed by atoms with Crippen LogP contribution in [0.25, 0.3) is 16.9 Å². The maximum Gasteiger partial charge on any atom is 0.254 e. The van der Waals surface area contributed by atoms with Crippen LogP contribution in [-0.2, 0) is 4.79 Å². The van der Waals surface area contributed by atoms with E-state index in [0.717, 1.165) is 43.4 Å². The van der Waals surface area contributed by atoms with E-state index >= 15 is 0 Å². The zero-order chi connectivity index (χ0) is 26.2. The number of halogens is 2. The summed E-state index contributed by atoms with van der Waals surface area (Å²) in [5.74, 6) is 0.343. The Morgan fingerprint density at radius 3 is 2.68 bits per heavy atom. The van der Waals surface area contributed by atoms with E-state index in [2.05, 4.69) is 25.6 Å². The summed E-state index contributed by atoms with van der Waals surface area (Å²) >= 11 is 12.3. The molecule has 4 aromatic rings. The van der Waals surface area contributed by atoms with E-state index in [1.165, 1.54) is 10.7 Å². The summed E-state index contributed by atoms with van der Waals surface area (Å²) in [6.45, 7) is 0.678. The number of nitrogens with zero attached hydrogens (tertiary/aromatic N) is 6. The standard InChI is InChI=1S/C27H25Cl2N7O2/c28-17-5-6-23(36-14-25(29)33-34-36)20(11-17)21-13-26(37)35(15-32-21)24-4-2-1-3-8-31-27(38)19-12-18(19)16-7-9-30-22(24)10-16/h5-7,9-11,13-15,18-19,24H,1-4,8,12H2,(H,31,38)/t18-,19-,24-/m0/s1. The zero-order valence-electron chi connectivity index (χ0n) is 20.4. The first-order valence-corrected chi connectivity index (χ1v) is 13.4. The van der Waals surface area contributed by atoms with Crippen molar-refractivity contribution < 1.29 is 4.79 Å². The SMILES string of the molecule is O=C1NCCCCC[C@H](n2cnc(-c3cc(Cl)ccc3-n3cc(Cl)nn3)cc2=O)c2cc(ccn2)[C@@H]2C[C@H]12. The lowest BCUT2D eigenvalue weighted by Crippen LogP contribution is -2.26. The molecule has 11 heteroatoms. The van der Waals surface area contributed by atoms with Crippen LogP contribution in [0.3, 0.4) is 0 Å². The molecule has 0 unspecified atom stereocenters. The molecule has 194 valence electrons. The molecule has 1 aliphatic carbocycles. The number of fused-ring (bicyclic) bond motifs is 4. The summed E-state index contributed by atoms with van der Waals surface area (Å²) in [7, 11) is 0. The van der Waals surface area contributed by atoms with Gasteiger partial charge in [-0.05, 0) is 61.1 Å². The molecule has 3 aromatic heterocycles. The van der Waals surface area contributed by atoms with Gasteiger partial charge in [0.25, 0.3) is 5.56 Å². The number of nitrogens with one attached hydrogen (secondary N) is 1. The average molecular weight is 550 g/mol. The summed E-state index contributed by atoms with van der Waals surface area (Å²) in [6.07, 6.45) is 9.24. The Labute approximate surface area is 228 Å². The van der Waals surface area contributed by atoms with Crippen molar-refractivity contribution in [2.24, 2.45) is 5.92 Å². The summed E-state index contributed by atoms with van der Waals surface area (Å²) in [6, 6.07) is 10.5. The molecule has 1 fully saturated rings. The Morgan fingerprint density at radius 2 is 1.87 bits per heavy atom. The highest BCUT2D eigenvalue weighted by Gasteiger charge is 2.44. The lowest BCUT2D eigenvalue weighted by molar-refractivity contribution is -0.122. The highest BCUT2D eigenvalue weighted by molar-refractivity contribution is 6.31. The average Bonchev–Trinajstić information content (AvgIpc) is 3.61. The quantitative estimate of drug-likeness (QED) is 0.400. The highest BCUT2D eigenvalue weighted by Crippen LogP contribution is 2.48. The Morgan fingerprint density at radius 1 is 0.974 bits per heavy atom. The van der Waals surface area contributed by atoms with Gasteiger partial charge in [-0.3, -0.25) is 19.1 Å². The monoisotopic (exact) mass is 549 g/mol. The fourth-order valence-electron chi connectivity index (χ4n) is 5.21. The van der Waals surface area contributed by atoms with E-state index in [-0.39, 0.29) is 34.5 Å². The molecule has 0 radical (unpaired) electrons. The fraction of sp³-hybridized carbons (Fsp3) is 0.333. The van der Waals surface area contributed by atoms with Crippen molar-refractivity contribution in [1.82, 2.24) is 34.8 Å². The molecule has 0 spiro atoms. The van der Waals surface area contributed by atoms with Gasteiger partial charge in [-0.1, -0.05) is 41.3 Å². The van der Waals surface area contributed by atoms with E-state index in [1.54, 1.807) is 41.5 Å². The van der Waals surface area contributed by atoms with E-state index in [4.69, 9.17) is 23.2 Å². The lowest BCUT2D eigenvalue weighted by Gasteiger charge is -2.20. The van der Waals surface area contributed by atoms with Gasteiger partial charge in [0.15, 0.2) is 5.15 Å². The van der Waals surface area contributed by atoms with Gasteiger partial charge in [0.05, 0.1) is 35.6 Å². The number of carbonyl (C=O) groups excluding carboxylic acids is 1. The van der Waals surface area contributed by atoms with Gasteiger partial charge in [0.1, 0.15) is 0 Å². The number of pyridine rings is 1. The van der Waals surface area contributed by atoms with Crippen molar-refractivity contribution in [1.29, 1.82) is 0 Å². The number of amides is 1. The summed E-state index contributed by atoms with van der Waals surface area (Å²) in [5, 5.41) is 11.7. The second-order valence-corrected chi connectivity index (χ2v) is 10.6. The summed E-state index contributed by atoms with van der Waals surface area (Å²) in [5.41, 5.74) is 3.46. The first-order valence-electron chi connectivity index (χ1n) is 12.7. The van der Waals surface area contributed by atoms with Gasteiger partial charge < -0.3 is 5.32 Å². The Hall–Kier alpha value is -3.56. The minimum atomic E-state index is -0.265. The normalized spacial score (nSPS) is 21.4. The molecule has 1 amide bonds. The molecule has 1 N–H and O–H groups in total. The second kappa shape index (κ2) is 10.3. The first kappa shape index (κ1) is 24.8. The molecule has 4 heterocycles. The molecule has 2 bridgehead atoms. The summed E-state index contributed by atoms with van der Waals surface area (Å²) < 4.78 is 3.18. The van der Waals surface area contributed by atoms with Crippen LogP contribution < -0.4 is 10.9 Å². The Bertz CT molecular complexity index is 1570. The van der Waals surface area contributed by atoms with Crippen molar-refractivity contribution in [2.75, 3.05) is 6.54 Å². The molecular weight excluding hydrogens is 525 g/mol. The third-order valence-corrected chi connectivity index (χ3v) is 7.68. The number of benzene rings is 1. The number of hydrogen-bond acceptors (Lipinski definition) is 6. The predicted molar refractivity (Wildman–Crippen MR) is 144 cm³/mol. The molecule has 2 aliphatic rings. The van der Waals surface area contributed by atoms with Crippen molar-refractivity contribution in [3.63, 3.8) is 0 Å². The fourth-order valence-corrected chi connectivity index (χ4v) is 5.51. The lowest BCUT2D eigenvalue weighted by atomic mass is 10.0. The number of aromatic nitrogens is 6. The first-order chi connectivity index (χ1) is 18.5. The molecule has 3 atom stereocenters. The van der Waals surface area contributed by atoms with E-state index < -0.39 is 0 Å². The number of carbonyl (C=O) groups is 1. The molecular formula is C27H25Cl2N7O2. The van der Waals surface area contributed by atoms with Crippen LogP contribution in [0.2, 0.25) is 10.2 Å². The maximum absolute atomic E-state index is 13.5. The van der Waals surface area contributed by atoms with E-state index in [1.807, 2.05) is 12.1 Å². The van der Waals surface area contributed by atoms with Crippen LogP contribution in [0, 0.1) is 5.92 Å². The molecule has 6 rings (SSSR count). The van der Waals surface area contributed by atoms with Gasteiger partial charge in [0.2, 0.25) is 5.91 Å². The van der Waals surface area contributed by atoms with E-state index in [0.29, 0.717) is 28.5 Å². The third-order valence-electron chi connectivity index (χ3n) is 7.27. The number of hydrogen-bond donors (Lipinski definition) is 1. The van der Waals surface area contributed by atoms with Crippen molar-refractivity contribution >= 4 is 29.1 Å². The van der Waals surface area contributed by atoms with Gasteiger partial charge in [0, 0.05) is 35.3 Å². The van der Waals surface area contributed by atoms with Crippen LogP contribution in [-0.4, -0.2) is 42.0 Å². The van der Waals surface area contributed by atoms with E-state index in [9.17, 15) is 9.59 Å². The van der Waals surface area contributed by atoms with Gasteiger partial charge in [-0.25, -0.2) is 9.67 Å². The largest absolute Gasteiger partial charge is 0.356 e. The zero-order valence-corrected chi connectivity index (χ0v) is 21.9. The van der Waals surface area contributed by atoms with Crippen LogP contribution in [0.5, 0.6) is 0 Å². The molecule has 1 saturated carbocycles. The van der Waals surface area contributed by atoms with Gasteiger partial charge in [-0.2, -0.15) is 0 Å². The molecule has 0 saturated heterocycles. The van der Waals surface area contributed by atoms with Crippen molar-refractivity contribution in [2.45, 2.75) is 44.1 Å². The Kier molecular flexibility index (Phi) is 6.71. The smallest absolute Gasteiger partial charge is 0.254 e. The van der Waals surface area contributed by atoms with Crippen molar-refractivity contribution in [3.05, 3.63) is 86.9 Å². The van der Waals surface area contributed by atoms with Crippen LogP contribution in [0.1, 0.15) is 55.3 Å². The molecule has 38 heavy (non-hydrogen) atoms. The minimum absolute atomic E-state index is 0.0138. The molecule has 9 nitrogen and oxygen atoms in total. The predicted octanol–water partition coefficient (Wildman–Crippen LogP) is 4.58. The molecule has 1 aromatic carbocycles.